The van der Waals surface area contributed by atoms with Crippen molar-refractivity contribution in [1.29, 1.82) is 0 Å². The molecule has 14 heavy (non-hydrogen) atoms. The maximum absolute atomic E-state index is 11.2. The lowest BCUT2D eigenvalue weighted by Gasteiger charge is -1.96. The SMILES string of the molecule is Cn1ncc2cnc(S(C)(=O)=O)nc21. The minimum absolute atomic E-state index is 0.173. The summed E-state index contributed by atoms with van der Waals surface area (Å²) in [5.41, 5.74) is 0.514. The van der Waals surface area contributed by atoms with Crippen LogP contribution < -0.4 is 0 Å². The standard InChI is InChI=1S/C7H8N4O2S/c1-11-6-5(4-9-11)3-8-7(10-6)14(2,12)13/h3-4H,1-2H3. The fourth-order valence-electron chi connectivity index (χ4n) is 1.10. The van der Waals surface area contributed by atoms with E-state index in [0.717, 1.165) is 11.6 Å². The van der Waals surface area contributed by atoms with Gasteiger partial charge in [-0.15, -0.1) is 0 Å². The van der Waals surface area contributed by atoms with Crippen LogP contribution in [0.25, 0.3) is 11.0 Å². The Morgan fingerprint density at radius 3 is 2.71 bits per heavy atom. The monoisotopic (exact) mass is 212 g/mol. The van der Waals surface area contributed by atoms with Gasteiger partial charge < -0.3 is 0 Å². The number of nitrogens with zero attached hydrogens (tertiary/aromatic N) is 4. The summed E-state index contributed by atoms with van der Waals surface area (Å²) in [4.78, 5) is 7.65. The topological polar surface area (TPSA) is 77.7 Å². The fourth-order valence-corrected chi connectivity index (χ4v) is 1.60. The summed E-state index contributed by atoms with van der Waals surface area (Å²) < 4.78 is 23.8. The average molecular weight is 212 g/mol. The van der Waals surface area contributed by atoms with Gasteiger partial charge in [0.05, 0.1) is 11.6 Å². The van der Waals surface area contributed by atoms with Gasteiger partial charge in [0, 0.05) is 19.5 Å². The van der Waals surface area contributed by atoms with E-state index in [-0.39, 0.29) is 5.16 Å². The van der Waals surface area contributed by atoms with Crippen LogP contribution in [0.3, 0.4) is 0 Å². The van der Waals surface area contributed by atoms with E-state index in [1.54, 1.807) is 13.2 Å². The second-order valence-electron chi connectivity index (χ2n) is 2.97. The highest BCUT2D eigenvalue weighted by atomic mass is 32.2. The Hall–Kier alpha value is -1.50. The van der Waals surface area contributed by atoms with Crippen molar-refractivity contribution in [2.45, 2.75) is 5.16 Å². The highest BCUT2D eigenvalue weighted by Gasteiger charge is 2.12. The molecule has 0 fully saturated rings. The van der Waals surface area contributed by atoms with Gasteiger partial charge in [-0.2, -0.15) is 10.1 Å². The largest absolute Gasteiger partial charge is 0.250 e. The normalized spacial score (nSPS) is 12.1. The Labute approximate surface area is 80.5 Å². The Morgan fingerprint density at radius 1 is 1.36 bits per heavy atom. The molecule has 74 valence electrons. The summed E-state index contributed by atoms with van der Waals surface area (Å²) in [6.45, 7) is 0. The molecule has 0 aliphatic rings. The molecule has 2 heterocycles. The minimum atomic E-state index is -3.35. The molecule has 0 bridgehead atoms. The first kappa shape index (κ1) is 9.07. The van der Waals surface area contributed by atoms with Crippen LogP contribution in [-0.2, 0) is 16.9 Å². The van der Waals surface area contributed by atoms with E-state index < -0.39 is 9.84 Å². The van der Waals surface area contributed by atoms with Gasteiger partial charge >= 0.3 is 0 Å². The van der Waals surface area contributed by atoms with E-state index in [1.807, 2.05) is 0 Å². The second kappa shape index (κ2) is 2.74. The molecule has 0 unspecified atom stereocenters. The number of aryl methyl sites for hydroxylation is 1. The molecule has 2 aromatic rings. The van der Waals surface area contributed by atoms with E-state index in [2.05, 4.69) is 15.1 Å². The number of sulfone groups is 1. The number of hydrogen-bond donors (Lipinski definition) is 0. The van der Waals surface area contributed by atoms with Gasteiger partial charge in [0.15, 0.2) is 5.65 Å². The number of rotatable bonds is 1. The van der Waals surface area contributed by atoms with Gasteiger partial charge in [0.2, 0.25) is 15.0 Å². The smallest absolute Gasteiger partial charge is 0.248 e. The summed E-state index contributed by atoms with van der Waals surface area (Å²) in [6, 6.07) is 0. The molecule has 0 saturated carbocycles. The van der Waals surface area contributed by atoms with Crippen LogP contribution in [-0.4, -0.2) is 34.4 Å². The molecule has 0 N–H and O–H groups in total. The zero-order valence-corrected chi connectivity index (χ0v) is 8.48. The third-order valence-corrected chi connectivity index (χ3v) is 2.64. The van der Waals surface area contributed by atoms with Crippen LogP contribution in [0.5, 0.6) is 0 Å². The molecule has 2 rings (SSSR count). The number of aromatic nitrogens is 4. The van der Waals surface area contributed by atoms with Crippen LogP contribution in [0.1, 0.15) is 0 Å². The van der Waals surface area contributed by atoms with E-state index in [4.69, 9.17) is 0 Å². The first-order valence-electron chi connectivity index (χ1n) is 3.83. The maximum Gasteiger partial charge on any atom is 0.248 e. The van der Waals surface area contributed by atoms with E-state index in [0.29, 0.717) is 5.65 Å². The van der Waals surface area contributed by atoms with Crippen molar-refractivity contribution in [3.63, 3.8) is 0 Å². The summed E-state index contributed by atoms with van der Waals surface area (Å²) in [6.07, 6.45) is 4.11. The van der Waals surface area contributed by atoms with E-state index in [9.17, 15) is 8.42 Å². The van der Waals surface area contributed by atoms with Crippen LogP contribution in [0.15, 0.2) is 17.6 Å². The molecule has 0 atom stereocenters. The third kappa shape index (κ3) is 1.35. The van der Waals surface area contributed by atoms with Crippen molar-refractivity contribution < 1.29 is 8.42 Å². The first-order valence-corrected chi connectivity index (χ1v) is 5.72. The molecule has 0 aliphatic heterocycles. The van der Waals surface area contributed by atoms with Gasteiger partial charge in [0.1, 0.15) is 0 Å². The number of hydrogen-bond acceptors (Lipinski definition) is 5. The van der Waals surface area contributed by atoms with Crippen LogP contribution >= 0.6 is 0 Å². The lowest BCUT2D eigenvalue weighted by atomic mass is 10.4. The highest BCUT2D eigenvalue weighted by molar-refractivity contribution is 7.90. The molecular weight excluding hydrogens is 204 g/mol. The molecule has 0 radical (unpaired) electrons. The van der Waals surface area contributed by atoms with E-state index >= 15 is 0 Å². The van der Waals surface area contributed by atoms with Gasteiger partial charge in [-0.1, -0.05) is 0 Å². The highest BCUT2D eigenvalue weighted by Crippen LogP contribution is 2.10. The second-order valence-corrected chi connectivity index (χ2v) is 4.88. The maximum atomic E-state index is 11.2. The summed E-state index contributed by atoms with van der Waals surface area (Å²) in [5, 5.41) is 4.49. The van der Waals surface area contributed by atoms with Crippen LogP contribution in [0, 0.1) is 0 Å². The van der Waals surface area contributed by atoms with Crippen molar-refractivity contribution in [3.8, 4) is 0 Å². The van der Waals surface area contributed by atoms with Crippen LogP contribution in [0.2, 0.25) is 0 Å². The lowest BCUT2D eigenvalue weighted by Crippen LogP contribution is -2.04. The molecule has 6 nitrogen and oxygen atoms in total. The van der Waals surface area contributed by atoms with Gasteiger partial charge in [-0.25, -0.2) is 13.4 Å². The molecule has 2 aromatic heterocycles. The predicted octanol–water partition coefficient (Wildman–Crippen LogP) is -0.233. The fraction of sp³-hybridized carbons (Fsp3) is 0.286. The van der Waals surface area contributed by atoms with Crippen molar-refractivity contribution in [3.05, 3.63) is 12.4 Å². The first-order chi connectivity index (χ1) is 6.48. The Balaban J connectivity index is 2.79. The minimum Gasteiger partial charge on any atom is -0.250 e. The molecule has 0 aromatic carbocycles. The number of fused-ring (bicyclic) bond motifs is 1. The third-order valence-electron chi connectivity index (χ3n) is 1.78. The van der Waals surface area contributed by atoms with Crippen molar-refractivity contribution in [2.24, 2.45) is 7.05 Å². The Bertz CT molecular complexity index is 587. The summed E-state index contributed by atoms with van der Waals surface area (Å²) in [5.74, 6) is 0. The van der Waals surface area contributed by atoms with Crippen LogP contribution in [0.4, 0.5) is 0 Å². The van der Waals surface area contributed by atoms with Gasteiger partial charge in [-0.05, 0) is 0 Å². The molecule has 0 spiro atoms. The quantitative estimate of drug-likeness (QED) is 0.610. The zero-order valence-electron chi connectivity index (χ0n) is 7.67. The van der Waals surface area contributed by atoms with Crippen molar-refractivity contribution >= 4 is 20.9 Å². The molecule has 0 saturated heterocycles. The van der Waals surface area contributed by atoms with E-state index in [1.165, 1.54) is 10.9 Å². The Kier molecular flexibility index (Phi) is 1.78. The molecule has 0 aliphatic carbocycles. The average Bonchev–Trinajstić information content (AvgIpc) is 2.46. The zero-order chi connectivity index (χ0) is 10.3. The van der Waals surface area contributed by atoms with Gasteiger partial charge in [0.25, 0.3) is 0 Å². The summed E-state index contributed by atoms with van der Waals surface area (Å²) in [7, 11) is -1.66. The molecular formula is C7H8N4O2S. The Morgan fingerprint density at radius 2 is 2.07 bits per heavy atom. The van der Waals surface area contributed by atoms with Crippen molar-refractivity contribution in [2.75, 3.05) is 6.26 Å². The van der Waals surface area contributed by atoms with Gasteiger partial charge in [-0.3, -0.25) is 4.68 Å². The molecule has 0 amide bonds. The molecule has 7 heteroatoms. The predicted molar refractivity (Wildman–Crippen MR) is 49.4 cm³/mol. The van der Waals surface area contributed by atoms with Crippen molar-refractivity contribution in [1.82, 2.24) is 19.7 Å². The summed E-state index contributed by atoms with van der Waals surface area (Å²) >= 11 is 0. The lowest BCUT2D eigenvalue weighted by molar-refractivity contribution is 0.593.